The van der Waals surface area contributed by atoms with E-state index in [9.17, 15) is 0 Å². The van der Waals surface area contributed by atoms with E-state index in [1.54, 1.807) is 0 Å². The monoisotopic (exact) mass is 378 g/mol. The van der Waals surface area contributed by atoms with Gasteiger partial charge in [-0.2, -0.15) is 0 Å². The minimum atomic E-state index is -0.276. The van der Waals surface area contributed by atoms with E-state index in [1.165, 1.54) is 16.7 Å². The molecule has 4 rings (SSSR count). The molecule has 28 heavy (non-hydrogen) atoms. The summed E-state index contributed by atoms with van der Waals surface area (Å²) in [5.41, 5.74) is 4.69. The summed E-state index contributed by atoms with van der Waals surface area (Å²) in [4.78, 5) is 0.894. The third-order valence-electron chi connectivity index (χ3n) is 5.35. The van der Waals surface area contributed by atoms with Gasteiger partial charge in [0.15, 0.2) is 0 Å². The topological polar surface area (TPSA) is 0 Å². The Labute approximate surface area is 172 Å². The quantitative estimate of drug-likeness (QED) is 0.266. The molecule has 3 aromatic rings. The Bertz CT molecular complexity index is 929. The van der Waals surface area contributed by atoms with Gasteiger partial charge in [-0.25, -0.2) is 0 Å². The van der Waals surface area contributed by atoms with Crippen molar-refractivity contribution in [3.63, 3.8) is 0 Å². The Morgan fingerprint density at radius 1 is 0.607 bits per heavy atom. The fourth-order valence-corrected chi connectivity index (χ4v) is 4.16. The summed E-state index contributed by atoms with van der Waals surface area (Å²) in [5.74, 6) is 0. The van der Waals surface area contributed by atoms with Crippen LogP contribution in [0.5, 0.6) is 0 Å². The van der Waals surface area contributed by atoms with Crippen molar-refractivity contribution in [3.05, 3.63) is 144 Å². The van der Waals surface area contributed by atoms with Crippen molar-refractivity contribution < 1.29 is 0 Å². The molecule has 0 heterocycles. The number of rotatable bonds is 5. The average Bonchev–Trinajstić information content (AvgIpc) is 2.78. The van der Waals surface area contributed by atoms with Crippen molar-refractivity contribution in [1.29, 1.82) is 0 Å². The van der Waals surface area contributed by atoms with Crippen molar-refractivity contribution in [2.75, 3.05) is 0 Å². The molecule has 0 saturated carbocycles. The lowest BCUT2D eigenvalue weighted by Gasteiger charge is -2.35. The number of hydrogen-bond acceptors (Lipinski definition) is 1. The zero-order valence-corrected chi connectivity index (χ0v) is 16.5. The Hall–Kier alpha value is -3.03. The SMILES string of the molecule is S=C1C=CC=C/C1=C\CC(c1ccccc1)(c1ccccc1)c1ccccc1. The molecule has 3 aromatic carbocycles. The molecule has 1 aliphatic carbocycles. The van der Waals surface area contributed by atoms with Gasteiger partial charge in [-0.05, 0) is 34.8 Å². The normalized spacial score (nSPS) is 15.1. The van der Waals surface area contributed by atoms with Crippen LogP contribution in [0.4, 0.5) is 0 Å². The molecular formula is C27H22S. The van der Waals surface area contributed by atoms with E-state index < -0.39 is 0 Å². The van der Waals surface area contributed by atoms with Gasteiger partial charge in [0.05, 0.1) is 0 Å². The zero-order valence-electron chi connectivity index (χ0n) is 15.7. The summed E-state index contributed by atoms with van der Waals surface area (Å²) >= 11 is 5.56. The van der Waals surface area contributed by atoms with E-state index in [2.05, 4.69) is 109 Å². The van der Waals surface area contributed by atoms with Gasteiger partial charge in [-0.15, -0.1) is 0 Å². The molecule has 0 radical (unpaired) electrons. The molecule has 0 unspecified atom stereocenters. The second kappa shape index (κ2) is 8.33. The van der Waals surface area contributed by atoms with Crippen LogP contribution in [-0.4, -0.2) is 4.86 Å². The molecule has 0 nitrogen and oxygen atoms in total. The van der Waals surface area contributed by atoms with E-state index in [1.807, 2.05) is 12.2 Å². The summed E-state index contributed by atoms with van der Waals surface area (Å²) in [6.07, 6.45) is 11.3. The standard InChI is InChI=1S/C27H22S/c28-26-19-11-10-12-22(26)20-21-27(23-13-4-1-5-14-23,24-15-6-2-7-16-24)25-17-8-3-9-18-25/h1-20H,21H2/b22-20+. The second-order valence-corrected chi connectivity index (χ2v) is 7.39. The highest BCUT2D eigenvalue weighted by Crippen LogP contribution is 2.42. The molecule has 0 aliphatic heterocycles. The molecule has 0 saturated heterocycles. The van der Waals surface area contributed by atoms with E-state index in [0.29, 0.717) is 0 Å². The summed E-state index contributed by atoms with van der Waals surface area (Å²) in [5, 5.41) is 0. The van der Waals surface area contributed by atoms with Crippen LogP contribution < -0.4 is 0 Å². The van der Waals surface area contributed by atoms with Crippen LogP contribution in [0.1, 0.15) is 23.1 Å². The van der Waals surface area contributed by atoms with Gasteiger partial charge in [0.2, 0.25) is 0 Å². The largest absolute Gasteiger partial charge is 0.0795 e. The molecule has 0 bridgehead atoms. The Kier molecular flexibility index (Phi) is 5.45. The van der Waals surface area contributed by atoms with Crippen LogP contribution in [0.25, 0.3) is 0 Å². The van der Waals surface area contributed by atoms with Crippen molar-refractivity contribution >= 4 is 17.1 Å². The lowest BCUT2D eigenvalue weighted by atomic mass is 9.67. The molecule has 0 fully saturated rings. The summed E-state index contributed by atoms with van der Waals surface area (Å²) in [7, 11) is 0. The Morgan fingerprint density at radius 3 is 1.46 bits per heavy atom. The lowest BCUT2D eigenvalue weighted by molar-refractivity contribution is 0.627. The fourth-order valence-electron chi connectivity index (χ4n) is 3.93. The van der Waals surface area contributed by atoms with E-state index >= 15 is 0 Å². The third-order valence-corrected chi connectivity index (χ3v) is 5.72. The van der Waals surface area contributed by atoms with Gasteiger partial charge in [-0.3, -0.25) is 0 Å². The van der Waals surface area contributed by atoms with Crippen molar-refractivity contribution in [3.8, 4) is 0 Å². The minimum absolute atomic E-state index is 0.276. The summed E-state index contributed by atoms with van der Waals surface area (Å²) < 4.78 is 0. The molecular weight excluding hydrogens is 356 g/mol. The molecule has 1 aliphatic rings. The molecule has 0 N–H and O–H groups in total. The number of benzene rings is 3. The van der Waals surface area contributed by atoms with Crippen molar-refractivity contribution in [2.24, 2.45) is 0 Å². The predicted molar refractivity (Wildman–Crippen MR) is 123 cm³/mol. The number of hydrogen-bond donors (Lipinski definition) is 0. The molecule has 0 atom stereocenters. The minimum Gasteiger partial charge on any atom is -0.0795 e. The van der Waals surface area contributed by atoms with Crippen LogP contribution in [0, 0.1) is 0 Å². The molecule has 1 heteroatoms. The van der Waals surface area contributed by atoms with Gasteiger partial charge in [0.1, 0.15) is 0 Å². The van der Waals surface area contributed by atoms with E-state index in [4.69, 9.17) is 12.2 Å². The summed E-state index contributed by atoms with van der Waals surface area (Å²) in [6, 6.07) is 32.3. The van der Waals surface area contributed by atoms with Crippen LogP contribution in [0.2, 0.25) is 0 Å². The van der Waals surface area contributed by atoms with Crippen molar-refractivity contribution in [1.82, 2.24) is 0 Å². The smallest absolute Gasteiger partial charge is 0.0485 e. The Morgan fingerprint density at radius 2 is 1.04 bits per heavy atom. The maximum absolute atomic E-state index is 5.56. The maximum Gasteiger partial charge on any atom is 0.0485 e. The van der Waals surface area contributed by atoms with Crippen LogP contribution >= 0.6 is 12.2 Å². The van der Waals surface area contributed by atoms with Gasteiger partial charge in [0.25, 0.3) is 0 Å². The number of thiocarbonyl (C=S) groups is 1. The lowest BCUT2D eigenvalue weighted by Crippen LogP contribution is -2.29. The summed E-state index contributed by atoms with van der Waals surface area (Å²) in [6.45, 7) is 0. The molecule has 0 amide bonds. The second-order valence-electron chi connectivity index (χ2n) is 6.95. The first-order valence-electron chi connectivity index (χ1n) is 9.56. The van der Waals surface area contributed by atoms with E-state index in [-0.39, 0.29) is 5.41 Å². The van der Waals surface area contributed by atoms with Crippen LogP contribution in [0.3, 0.4) is 0 Å². The maximum atomic E-state index is 5.56. The van der Waals surface area contributed by atoms with Gasteiger partial charge < -0.3 is 0 Å². The first-order chi connectivity index (χ1) is 13.8. The van der Waals surface area contributed by atoms with Gasteiger partial charge >= 0.3 is 0 Å². The highest BCUT2D eigenvalue weighted by Gasteiger charge is 2.35. The molecule has 136 valence electrons. The first kappa shape index (κ1) is 18.3. The van der Waals surface area contributed by atoms with E-state index in [0.717, 1.165) is 16.9 Å². The van der Waals surface area contributed by atoms with Gasteiger partial charge in [-0.1, -0.05) is 128 Å². The fraction of sp³-hybridized carbons (Fsp3) is 0.0741. The molecule has 0 spiro atoms. The Balaban J connectivity index is 1.93. The highest BCUT2D eigenvalue weighted by molar-refractivity contribution is 7.81. The van der Waals surface area contributed by atoms with Crippen LogP contribution in [-0.2, 0) is 5.41 Å². The highest BCUT2D eigenvalue weighted by atomic mass is 32.1. The van der Waals surface area contributed by atoms with Crippen LogP contribution in [0.15, 0.2) is 127 Å². The predicted octanol–water partition coefficient (Wildman–Crippen LogP) is 6.83. The average molecular weight is 379 g/mol. The third kappa shape index (κ3) is 3.54. The van der Waals surface area contributed by atoms with Gasteiger partial charge in [0, 0.05) is 10.3 Å². The zero-order chi connectivity index (χ0) is 19.2. The van der Waals surface area contributed by atoms with Crippen molar-refractivity contribution in [2.45, 2.75) is 11.8 Å². The molecule has 0 aromatic heterocycles. The first-order valence-corrected chi connectivity index (χ1v) is 9.97. The number of allylic oxidation sites excluding steroid dienone is 6.